The first-order valence-electron chi connectivity index (χ1n) is 11.3. The Morgan fingerprint density at radius 1 is 0.649 bits per heavy atom. The van der Waals surface area contributed by atoms with Gasteiger partial charge in [-0.15, -0.1) is 10.2 Å². The van der Waals surface area contributed by atoms with E-state index in [1.165, 1.54) is 0 Å². The largest absolute Gasteiger partial charge is 0.497 e. The summed E-state index contributed by atoms with van der Waals surface area (Å²) in [5.41, 5.74) is 3.85. The highest BCUT2D eigenvalue weighted by atomic mass is 16.5. The van der Waals surface area contributed by atoms with Crippen LogP contribution in [0.2, 0.25) is 0 Å². The Morgan fingerprint density at radius 3 is 1.97 bits per heavy atom. The van der Waals surface area contributed by atoms with Gasteiger partial charge < -0.3 is 23.7 Å². The van der Waals surface area contributed by atoms with Gasteiger partial charge in [-0.2, -0.15) is 5.10 Å². The Kier molecular flexibility index (Phi) is 6.46. The van der Waals surface area contributed by atoms with Crippen LogP contribution < -0.4 is 23.7 Å². The van der Waals surface area contributed by atoms with Crippen molar-refractivity contribution in [2.75, 3.05) is 35.5 Å². The maximum absolute atomic E-state index is 5.57. The molecule has 10 nitrogen and oxygen atoms in total. The first-order chi connectivity index (χ1) is 18.1. The predicted octanol–water partition coefficient (Wildman–Crippen LogP) is 4.59. The number of aromatic nitrogens is 5. The predicted molar refractivity (Wildman–Crippen MR) is 138 cm³/mol. The van der Waals surface area contributed by atoms with Crippen molar-refractivity contribution < 1.29 is 23.7 Å². The molecule has 0 aliphatic rings. The second-order valence-corrected chi connectivity index (χ2v) is 7.91. The standard InChI is InChI=1S/C27H25N5O5/c1-33-19-11-9-16(10-12-19)26-28-24-23(17-13-21(35-3)25(37-5)22(14-17)36-4)31-32(27(24)30-29-26)18-7-6-8-20(15-18)34-2/h6-15H,1-5H3. The molecular formula is C27H25N5O5. The number of hydrogen-bond acceptors (Lipinski definition) is 9. The van der Waals surface area contributed by atoms with Crippen LogP contribution in [-0.4, -0.2) is 60.5 Å². The smallest absolute Gasteiger partial charge is 0.204 e. The molecular weight excluding hydrogens is 474 g/mol. The zero-order valence-electron chi connectivity index (χ0n) is 21.1. The number of nitrogens with zero attached hydrogens (tertiary/aromatic N) is 5. The van der Waals surface area contributed by atoms with Gasteiger partial charge in [0.25, 0.3) is 0 Å². The van der Waals surface area contributed by atoms with Crippen molar-refractivity contribution in [1.29, 1.82) is 0 Å². The van der Waals surface area contributed by atoms with E-state index >= 15 is 0 Å². The molecule has 5 rings (SSSR count). The van der Waals surface area contributed by atoms with E-state index < -0.39 is 0 Å². The fourth-order valence-corrected chi connectivity index (χ4v) is 4.01. The molecule has 0 saturated carbocycles. The summed E-state index contributed by atoms with van der Waals surface area (Å²) < 4.78 is 29.0. The fourth-order valence-electron chi connectivity index (χ4n) is 4.01. The molecule has 2 heterocycles. The second-order valence-electron chi connectivity index (χ2n) is 7.91. The topological polar surface area (TPSA) is 103 Å². The summed E-state index contributed by atoms with van der Waals surface area (Å²) in [6, 6.07) is 18.6. The van der Waals surface area contributed by atoms with Gasteiger partial charge in [-0.25, -0.2) is 9.67 Å². The SMILES string of the molecule is COc1ccc(-c2nnc3c(n2)c(-c2cc(OC)c(OC)c(OC)c2)nn3-c2cccc(OC)c2)cc1. The Hall–Kier alpha value is -4.86. The Morgan fingerprint density at radius 2 is 1.35 bits per heavy atom. The molecule has 10 heteroatoms. The summed E-state index contributed by atoms with van der Waals surface area (Å²) in [5, 5.41) is 13.8. The van der Waals surface area contributed by atoms with Gasteiger partial charge >= 0.3 is 0 Å². The number of methoxy groups -OCH3 is 5. The third-order valence-corrected chi connectivity index (χ3v) is 5.88. The summed E-state index contributed by atoms with van der Waals surface area (Å²) in [6.45, 7) is 0. The van der Waals surface area contributed by atoms with Crippen molar-refractivity contribution in [3.05, 3.63) is 60.7 Å². The maximum Gasteiger partial charge on any atom is 0.204 e. The quantitative estimate of drug-likeness (QED) is 0.303. The summed E-state index contributed by atoms with van der Waals surface area (Å²) in [7, 11) is 7.93. The Balaban J connectivity index is 1.76. The molecule has 0 amide bonds. The first kappa shape index (κ1) is 23.9. The van der Waals surface area contributed by atoms with E-state index in [1.807, 2.05) is 60.7 Å². The summed E-state index contributed by atoms with van der Waals surface area (Å²) in [5.74, 6) is 3.36. The number of rotatable bonds is 8. The zero-order valence-corrected chi connectivity index (χ0v) is 21.1. The zero-order chi connectivity index (χ0) is 25.9. The van der Waals surface area contributed by atoms with Crippen molar-refractivity contribution in [2.45, 2.75) is 0 Å². The van der Waals surface area contributed by atoms with Gasteiger partial charge in [0.2, 0.25) is 11.4 Å². The van der Waals surface area contributed by atoms with Crippen LogP contribution in [-0.2, 0) is 0 Å². The molecule has 0 fully saturated rings. The molecule has 188 valence electrons. The van der Waals surface area contributed by atoms with Gasteiger partial charge in [0.05, 0.1) is 41.2 Å². The highest BCUT2D eigenvalue weighted by Crippen LogP contribution is 2.42. The highest BCUT2D eigenvalue weighted by Gasteiger charge is 2.22. The Bertz CT molecular complexity index is 1540. The van der Waals surface area contributed by atoms with E-state index in [1.54, 1.807) is 40.2 Å². The monoisotopic (exact) mass is 499 g/mol. The van der Waals surface area contributed by atoms with Crippen LogP contribution in [0.15, 0.2) is 60.7 Å². The summed E-state index contributed by atoms with van der Waals surface area (Å²) >= 11 is 0. The normalized spacial score (nSPS) is 10.8. The molecule has 0 N–H and O–H groups in total. The van der Waals surface area contributed by atoms with Crippen LogP contribution in [0.25, 0.3) is 39.5 Å². The minimum absolute atomic E-state index is 0.453. The van der Waals surface area contributed by atoms with Crippen molar-refractivity contribution in [3.8, 4) is 57.1 Å². The van der Waals surface area contributed by atoms with E-state index in [4.69, 9.17) is 33.8 Å². The summed E-state index contributed by atoms with van der Waals surface area (Å²) in [6.07, 6.45) is 0. The molecule has 0 aliphatic carbocycles. The third-order valence-electron chi connectivity index (χ3n) is 5.88. The molecule has 0 unspecified atom stereocenters. The third kappa shape index (κ3) is 4.33. The molecule has 37 heavy (non-hydrogen) atoms. The molecule has 0 bridgehead atoms. The van der Waals surface area contributed by atoms with Crippen LogP contribution >= 0.6 is 0 Å². The lowest BCUT2D eigenvalue weighted by Gasteiger charge is -2.13. The van der Waals surface area contributed by atoms with Crippen molar-refractivity contribution in [2.24, 2.45) is 0 Å². The molecule has 0 spiro atoms. The highest BCUT2D eigenvalue weighted by molar-refractivity contribution is 5.90. The average Bonchev–Trinajstić information content (AvgIpc) is 3.35. The van der Waals surface area contributed by atoms with Crippen LogP contribution in [0.4, 0.5) is 0 Å². The van der Waals surface area contributed by atoms with Crippen LogP contribution in [0.1, 0.15) is 0 Å². The van der Waals surface area contributed by atoms with Crippen LogP contribution in [0, 0.1) is 0 Å². The number of hydrogen-bond donors (Lipinski definition) is 0. The summed E-state index contributed by atoms with van der Waals surface area (Å²) in [4.78, 5) is 4.88. The van der Waals surface area contributed by atoms with Crippen molar-refractivity contribution in [1.82, 2.24) is 25.0 Å². The molecule has 0 saturated heterocycles. The lowest BCUT2D eigenvalue weighted by molar-refractivity contribution is 0.324. The number of benzene rings is 3. The van der Waals surface area contributed by atoms with E-state index in [-0.39, 0.29) is 0 Å². The fraction of sp³-hybridized carbons (Fsp3) is 0.185. The van der Waals surface area contributed by atoms with Gasteiger partial charge in [-0.05, 0) is 48.5 Å². The minimum atomic E-state index is 0.453. The molecule has 3 aromatic carbocycles. The van der Waals surface area contributed by atoms with E-state index in [2.05, 4.69) is 10.2 Å². The number of fused-ring (bicyclic) bond motifs is 1. The molecule has 0 atom stereocenters. The van der Waals surface area contributed by atoms with Gasteiger partial charge in [0.1, 0.15) is 22.7 Å². The van der Waals surface area contributed by atoms with Gasteiger partial charge in [-0.3, -0.25) is 0 Å². The second kappa shape index (κ2) is 10.0. The molecule has 0 radical (unpaired) electrons. The maximum atomic E-state index is 5.57. The van der Waals surface area contributed by atoms with E-state index in [9.17, 15) is 0 Å². The van der Waals surface area contributed by atoms with Crippen LogP contribution in [0.5, 0.6) is 28.7 Å². The Labute approximate surface area is 213 Å². The average molecular weight is 500 g/mol. The van der Waals surface area contributed by atoms with Crippen molar-refractivity contribution in [3.63, 3.8) is 0 Å². The van der Waals surface area contributed by atoms with Crippen molar-refractivity contribution >= 4 is 11.2 Å². The first-order valence-corrected chi connectivity index (χ1v) is 11.3. The van der Waals surface area contributed by atoms with Gasteiger partial charge in [0.15, 0.2) is 17.3 Å². The van der Waals surface area contributed by atoms with Gasteiger partial charge in [-0.1, -0.05) is 6.07 Å². The number of ether oxygens (including phenoxy) is 5. The van der Waals surface area contributed by atoms with E-state index in [0.29, 0.717) is 51.2 Å². The van der Waals surface area contributed by atoms with Crippen LogP contribution in [0.3, 0.4) is 0 Å². The molecule has 2 aromatic heterocycles. The lowest BCUT2D eigenvalue weighted by Crippen LogP contribution is -2.00. The van der Waals surface area contributed by atoms with Gasteiger partial charge in [0, 0.05) is 17.2 Å². The lowest BCUT2D eigenvalue weighted by atomic mass is 10.1. The molecule has 0 aliphatic heterocycles. The van der Waals surface area contributed by atoms with E-state index in [0.717, 1.165) is 17.0 Å². The minimum Gasteiger partial charge on any atom is -0.497 e. The molecule has 5 aromatic rings.